The van der Waals surface area contributed by atoms with Crippen LogP contribution in [0.2, 0.25) is 0 Å². The number of hydrogen-bond donors (Lipinski definition) is 0. The Morgan fingerprint density at radius 3 is 2.76 bits per heavy atom. The van der Waals surface area contributed by atoms with E-state index < -0.39 is 0 Å². The van der Waals surface area contributed by atoms with E-state index in [2.05, 4.69) is 14.6 Å². The van der Waals surface area contributed by atoms with Gasteiger partial charge in [-0.05, 0) is 23.7 Å². The third kappa shape index (κ3) is 2.82. The molecule has 0 spiro atoms. The van der Waals surface area contributed by atoms with Gasteiger partial charge in [-0.3, -0.25) is 9.69 Å². The minimum absolute atomic E-state index is 0.182. The average Bonchev–Trinajstić information content (AvgIpc) is 3.17. The molecule has 0 atom stereocenters. The summed E-state index contributed by atoms with van der Waals surface area (Å²) in [6.45, 7) is 0.379. The van der Waals surface area contributed by atoms with Crippen molar-refractivity contribution in [3.63, 3.8) is 0 Å². The van der Waals surface area contributed by atoms with E-state index in [-0.39, 0.29) is 5.91 Å². The number of imidazole rings is 1. The number of aryl methyl sites for hydroxylation is 1. The largest absolute Gasteiger partial charge is 0.337 e. The summed E-state index contributed by atoms with van der Waals surface area (Å²) in [7, 11) is 1.90. The van der Waals surface area contributed by atoms with Gasteiger partial charge in [-0.15, -0.1) is 5.10 Å². The van der Waals surface area contributed by atoms with Crippen LogP contribution in [0, 0.1) is 0 Å². The van der Waals surface area contributed by atoms with Gasteiger partial charge in [0, 0.05) is 30.5 Å². The van der Waals surface area contributed by atoms with E-state index in [0.29, 0.717) is 12.2 Å². The highest BCUT2D eigenvalue weighted by Gasteiger charge is 2.21. The molecule has 2 heterocycles. The maximum atomic E-state index is 12.6. The van der Waals surface area contributed by atoms with Crippen molar-refractivity contribution < 1.29 is 4.79 Å². The lowest BCUT2D eigenvalue weighted by Gasteiger charge is -2.21. The van der Waals surface area contributed by atoms with Crippen molar-refractivity contribution in [2.45, 2.75) is 6.54 Å². The summed E-state index contributed by atoms with van der Waals surface area (Å²) in [6.07, 6.45) is 3.57. The molecule has 7 heteroatoms. The van der Waals surface area contributed by atoms with Crippen molar-refractivity contribution in [2.75, 3.05) is 4.90 Å². The number of aromatic nitrogens is 4. The molecule has 0 bridgehead atoms. The van der Waals surface area contributed by atoms with Crippen LogP contribution in [0.5, 0.6) is 0 Å². The number of nitrogens with zero attached hydrogens (tertiary/aromatic N) is 5. The van der Waals surface area contributed by atoms with Crippen LogP contribution in [-0.4, -0.2) is 25.0 Å². The first-order valence-electron chi connectivity index (χ1n) is 6.36. The molecule has 106 valence electrons. The van der Waals surface area contributed by atoms with Gasteiger partial charge in [0.15, 0.2) is 5.69 Å². The second kappa shape index (κ2) is 5.84. The topological polar surface area (TPSA) is 63.9 Å². The molecule has 0 aliphatic carbocycles. The first-order chi connectivity index (χ1) is 10.3. The van der Waals surface area contributed by atoms with Crippen molar-refractivity contribution in [2.24, 2.45) is 7.05 Å². The van der Waals surface area contributed by atoms with Crippen LogP contribution in [-0.2, 0) is 13.6 Å². The molecule has 0 aliphatic rings. The highest BCUT2D eigenvalue weighted by molar-refractivity contribution is 7.03. The van der Waals surface area contributed by atoms with E-state index in [1.54, 1.807) is 16.5 Å². The number of anilines is 1. The Bertz CT molecular complexity index is 723. The molecule has 1 aromatic carbocycles. The molecule has 0 saturated heterocycles. The third-order valence-corrected chi connectivity index (χ3v) is 3.62. The molecule has 0 unspecified atom stereocenters. The van der Waals surface area contributed by atoms with Gasteiger partial charge >= 0.3 is 0 Å². The standard InChI is InChI=1S/C14H13N5OS/c1-18-8-7-15-13(18)9-19(11-5-3-2-4-6-11)14(20)12-10-21-17-16-12/h2-8,10H,9H2,1H3. The number of carbonyl (C=O) groups is 1. The minimum atomic E-state index is -0.182. The number of para-hydroxylation sites is 1. The van der Waals surface area contributed by atoms with E-state index >= 15 is 0 Å². The summed E-state index contributed by atoms with van der Waals surface area (Å²) in [5, 5.41) is 5.51. The Kier molecular flexibility index (Phi) is 3.74. The van der Waals surface area contributed by atoms with Crippen molar-refractivity contribution >= 4 is 23.1 Å². The predicted molar refractivity (Wildman–Crippen MR) is 80.1 cm³/mol. The second-order valence-electron chi connectivity index (χ2n) is 4.47. The van der Waals surface area contributed by atoms with Gasteiger partial charge < -0.3 is 4.57 Å². The first kappa shape index (κ1) is 13.4. The average molecular weight is 299 g/mol. The Hall–Kier alpha value is -2.54. The molecular weight excluding hydrogens is 286 g/mol. The van der Waals surface area contributed by atoms with Crippen LogP contribution in [0.4, 0.5) is 5.69 Å². The molecule has 0 saturated carbocycles. The molecule has 6 nitrogen and oxygen atoms in total. The van der Waals surface area contributed by atoms with Crippen LogP contribution in [0.15, 0.2) is 48.1 Å². The predicted octanol–water partition coefficient (Wildman–Crippen LogP) is 2.12. The first-order valence-corrected chi connectivity index (χ1v) is 7.19. The zero-order chi connectivity index (χ0) is 14.7. The monoisotopic (exact) mass is 299 g/mol. The lowest BCUT2D eigenvalue weighted by molar-refractivity contribution is 0.0979. The zero-order valence-corrected chi connectivity index (χ0v) is 12.2. The van der Waals surface area contributed by atoms with Crippen LogP contribution in [0.25, 0.3) is 0 Å². The quantitative estimate of drug-likeness (QED) is 0.740. The van der Waals surface area contributed by atoms with Crippen molar-refractivity contribution in [1.29, 1.82) is 0 Å². The Balaban J connectivity index is 1.95. The summed E-state index contributed by atoms with van der Waals surface area (Å²) in [5.74, 6) is 0.619. The zero-order valence-electron chi connectivity index (χ0n) is 11.4. The molecule has 21 heavy (non-hydrogen) atoms. The number of benzene rings is 1. The van der Waals surface area contributed by atoms with Gasteiger partial charge in [-0.25, -0.2) is 4.98 Å². The molecule has 3 aromatic rings. The summed E-state index contributed by atoms with van der Waals surface area (Å²) >= 11 is 1.16. The van der Waals surface area contributed by atoms with E-state index in [1.165, 1.54) is 0 Å². The molecule has 1 amide bonds. The molecule has 0 fully saturated rings. The van der Waals surface area contributed by atoms with E-state index in [0.717, 1.165) is 23.0 Å². The summed E-state index contributed by atoms with van der Waals surface area (Å²) < 4.78 is 5.65. The normalized spacial score (nSPS) is 10.5. The maximum Gasteiger partial charge on any atom is 0.280 e. The molecule has 2 aromatic heterocycles. The van der Waals surface area contributed by atoms with Crippen molar-refractivity contribution in [3.8, 4) is 0 Å². The highest BCUT2D eigenvalue weighted by atomic mass is 32.1. The fourth-order valence-corrected chi connectivity index (χ4v) is 2.40. The number of hydrogen-bond acceptors (Lipinski definition) is 5. The van der Waals surface area contributed by atoms with Crippen molar-refractivity contribution in [3.05, 3.63) is 59.6 Å². The lowest BCUT2D eigenvalue weighted by Crippen LogP contribution is -2.31. The van der Waals surface area contributed by atoms with Gasteiger partial charge in [0.05, 0.1) is 6.54 Å². The summed E-state index contributed by atoms with van der Waals surface area (Å²) in [5.41, 5.74) is 1.15. The Morgan fingerprint density at radius 1 is 1.33 bits per heavy atom. The fourth-order valence-electron chi connectivity index (χ4n) is 1.97. The van der Waals surface area contributed by atoms with E-state index in [4.69, 9.17) is 0 Å². The van der Waals surface area contributed by atoms with Gasteiger partial charge in [0.25, 0.3) is 5.91 Å². The summed E-state index contributed by atoms with van der Waals surface area (Å²) in [6, 6.07) is 9.49. The third-order valence-electron chi connectivity index (χ3n) is 3.11. The lowest BCUT2D eigenvalue weighted by atomic mass is 10.2. The van der Waals surface area contributed by atoms with E-state index in [9.17, 15) is 4.79 Å². The molecular formula is C14H13N5OS. The van der Waals surface area contributed by atoms with Gasteiger partial charge in [-0.1, -0.05) is 22.7 Å². The number of amides is 1. The fraction of sp³-hybridized carbons (Fsp3) is 0.143. The second-order valence-corrected chi connectivity index (χ2v) is 5.08. The molecule has 3 rings (SSSR count). The SMILES string of the molecule is Cn1ccnc1CN(C(=O)c1csnn1)c1ccccc1. The maximum absolute atomic E-state index is 12.6. The summed E-state index contributed by atoms with van der Waals surface area (Å²) in [4.78, 5) is 18.6. The molecule has 0 radical (unpaired) electrons. The van der Waals surface area contributed by atoms with Crippen LogP contribution < -0.4 is 4.90 Å². The Labute approximate surface area is 125 Å². The van der Waals surface area contributed by atoms with Gasteiger partial charge in [0.1, 0.15) is 5.82 Å². The molecule has 0 aliphatic heterocycles. The van der Waals surface area contributed by atoms with Crippen LogP contribution >= 0.6 is 11.5 Å². The number of carbonyl (C=O) groups excluding carboxylic acids is 1. The van der Waals surface area contributed by atoms with Gasteiger partial charge in [-0.2, -0.15) is 0 Å². The van der Waals surface area contributed by atoms with Crippen molar-refractivity contribution in [1.82, 2.24) is 19.1 Å². The smallest absolute Gasteiger partial charge is 0.280 e. The highest BCUT2D eigenvalue weighted by Crippen LogP contribution is 2.19. The van der Waals surface area contributed by atoms with Crippen LogP contribution in [0.1, 0.15) is 16.3 Å². The van der Waals surface area contributed by atoms with Gasteiger partial charge in [0.2, 0.25) is 0 Å². The van der Waals surface area contributed by atoms with Crippen LogP contribution in [0.3, 0.4) is 0 Å². The van der Waals surface area contributed by atoms with E-state index in [1.807, 2.05) is 48.1 Å². The number of rotatable bonds is 4. The molecule has 0 N–H and O–H groups in total. The minimum Gasteiger partial charge on any atom is -0.337 e. The Morgan fingerprint density at radius 2 is 2.14 bits per heavy atom.